The Labute approximate surface area is 192 Å². The number of rotatable bonds is 3. The molecule has 2 aromatic heterocycles. The van der Waals surface area contributed by atoms with E-state index in [0.717, 1.165) is 41.8 Å². The first kappa shape index (κ1) is 20.9. The van der Waals surface area contributed by atoms with Crippen LogP contribution in [0.4, 0.5) is 11.4 Å². The second-order valence-corrected chi connectivity index (χ2v) is 9.73. The fraction of sp³-hybridized carbons (Fsp3) is 0.400. The Hall–Kier alpha value is -2.93. The zero-order chi connectivity index (χ0) is 22.2. The summed E-state index contributed by atoms with van der Waals surface area (Å²) < 4.78 is 0. The minimum absolute atomic E-state index is 0.00673. The summed E-state index contributed by atoms with van der Waals surface area (Å²) in [7, 11) is 0. The molecule has 0 unspecified atom stereocenters. The van der Waals surface area contributed by atoms with Crippen molar-refractivity contribution in [2.75, 3.05) is 36.8 Å². The molecule has 5 rings (SSSR count). The Balaban J connectivity index is 1.31. The summed E-state index contributed by atoms with van der Waals surface area (Å²) in [5, 5.41) is 0.934. The normalized spacial score (nSPS) is 16.7. The number of ketones is 1. The highest BCUT2D eigenvalue weighted by Crippen LogP contribution is 2.36. The summed E-state index contributed by atoms with van der Waals surface area (Å²) in [4.78, 5) is 35.3. The number of benzene rings is 1. The fourth-order valence-electron chi connectivity index (χ4n) is 4.71. The molecule has 2 N–H and O–H groups in total. The van der Waals surface area contributed by atoms with Crippen LogP contribution < -0.4 is 10.6 Å². The van der Waals surface area contributed by atoms with Crippen LogP contribution in [-0.2, 0) is 12.8 Å². The van der Waals surface area contributed by atoms with Crippen LogP contribution in [0, 0.1) is 0 Å². The molecule has 1 aliphatic heterocycles. The van der Waals surface area contributed by atoms with Gasteiger partial charge in [0.05, 0.1) is 5.69 Å². The number of fused-ring (bicyclic) bond motifs is 2. The van der Waals surface area contributed by atoms with Crippen LogP contribution >= 0.6 is 11.3 Å². The van der Waals surface area contributed by atoms with Crippen LogP contribution in [0.2, 0.25) is 0 Å². The zero-order valence-electron chi connectivity index (χ0n) is 18.4. The predicted octanol–water partition coefficient (Wildman–Crippen LogP) is 4.31. The van der Waals surface area contributed by atoms with Crippen LogP contribution in [0.3, 0.4) is 0 Å². The molecule has 1 saturated heterocycles. The number of pyridine rings is 1. The van der Waals surface area contributed by atoms with Crippen LogP contribution in [0.5, 0.6) is 0 Å². The lowest BCUT2D eigenvalue weighted by atomic mass is 10.1. The molecule has 32 heavy (non-hydrogen) atoms. The number of nitrogens with two attached hydrogens (primary N) is 1. The van der Waals surface area contributed by atoms with Crippen LogP contribution in [-0.4, -0.2) is 47.8 Å². The highest BCUT2D eigenvalue weighted by molar-refractivity contribution is 7.21. The van der Waals surface area contributed by atoms with Gasteiger partial charge >= 0.3 is 0 Å². The number of Topliss-reactive ketones (excluding diaryl/α,β-unsaturated/α-hetero) is 1. The van der Waals surface area contributed by atoms with Gasteiger partial charge in [0.15, 0.2) is 5.78 Å². The number of nitrogens with zero attached hydrogens (tertiary/aromatic N) is 3. The molecule has 0 radical (unpaired) electrons. The van der Waals surface area contributed by atoms with Gasteiger partial charge in [0.1, 0.15) is 9.71 Å². The molecule has 1 aromatic carbocycles. The number of anilines is 2. The average molecular weight is 449 g/mol. The SMILES string of the molecule is CC(=O)c1ccc(N2CCN(C(=O)c3sc4nc5c(cc4c3N)CCCCC5)CC2)cc1. The fourth-order valence-corrected chi connectivity index (χ4v) is 5.78. The van der Waals surface area contributed by atoms with E-state index in [4.69, 9.17) is 10.7 Å². The number of hydrogen-bond donors (Lipinski definition) is 1. The van der Waals surface area contributed by atoms with Crippen molar-refractivity contribution < 1.29 is 9.59 Å². The Morgan fingerprint density at radius 1 is 1.00 bits per heavy atom. The molecule has 2 aliphatic rings. The van der Waals surface area contributed by atoms with Gasteiger partial charge < -0.3 is 15.5 Å². The van der Waals surface area contributed by atoms with Gasteiger partial charge in [-0.05, 0) is 68.5 Å². The second-order valence-electron chi connectivity index (χ2n) is 8.73. The molecule has 0 bridgehead atoms. The van der Waals surface area contributed by atoms with Crippen LogP contribution in [0.15, 0.2) is 30.3 Å². The van der Waals surface area contributed by atoms with Gasteiger partial charge in [0, 0.05) is 48.5 Å². The summed E-state index contributed by atoms with van der Waals surface area (Å²) in [6, 6.07) is 9.86. The number of thiophene rings is 1. The van der Waals surface area contributed by atoms with Gasteiger partial charge in [0.25, 0.3) is 5.91 Å². The standard InChI is InChI=1S/C25H28N4O2S/c1-16(30)17-7-9-19(10-8-17)28-11-13-29(14-12-28)25(31)23-22(26)20-15-18-5-3-2-4-6-21(18)27-24(20)32-23/h7-10,15H,2-6,11-14,26H2,1H3. The van der Waals surface area contributed by atoms with Crippen molar-refractivity contribution in [1.29, 1.82) is 0 Å². The van der Waals surface area contributed by atoms with Crippen molar-refractivity contribution in [2.24, 2.45) is 0 Å². The van der Waals surface area contributed by atoms with Crippen molar-refractivity contribution in [3.8, 4) is 0 Å². The minimum Gasteiger partial charge on any atom is -0.397 e. The summed E-state index contributed by atoms with van der Waals surface area (Å²) in [6.45, 7) is 4.37. The first-order valence-electron chi connectivity index (χ1n) is 11.4. The van der Waals surface area contributed by atoms with E-state index in [9.17, 15) is 9.59 Å². The lowest BCUT2D eigenvalue weighted by Gasteiger charge is -2.36. The molecular weight excluding hydrogens is 420 g/mol. The summed E-state index contributed by atoms with van der Waals surface area (Å²) in [6.07, 6.45) is 5.68. The van der Waals surface area contributed by atoms with Crippen molar-refractivity contribution in [3.05, 3.63) is 52.0 Å². The highest BCUT2D eigenvalue weighted by atomic mass is 32.1. The zero-order valence-corrected chi connectivity index (χ0v) is 19.2. The smallest absolute Gasteiger partial charge is 0.266 e. The number of nitrogen functional groups attached to an aromatic ring is 1. The maximum Gasteiger partial charge on any atom is 0.266 e. The summed E-state index contributed by atoms with van der Waals surface area (Å²) in [5.74, 6) is 0.0751. The molecule has 3 aromatic rings. The van der Waals surface area contributed by atoms with E-state index in [1.165, 1.54) is 41.9 Å². The summed E-state index contributed by atoms with van der Waals surface area (Å²) in [5.41, 5.74) is 11.3. The molecular formula is C25H28N4O2S. The van der Waals surface area contributed by atoms with Gasteiger partial charge in [-0.1, -0.05) is 6.42 Å². The molecule has 0 saturated carbocycles. The van der Waals surface area contributed by atoms with Gasteiger partial charge in [-0.3, -0.25) is 9.59 Å². The van der Waals surface area contributed by atoms with Crippen LogP contribution in [0.25, 0.3) is 10.2 Å². The largest absolute Gasteiger partial charge is 0.397 e. The van der Waals surface area contributed by atoms with Gasteiger partial charge in [-0.2, -0.15) is 0 Å². The number of carbonyl (C=O) groups excluding carboxylic acids is 2. The molecule has 0 atom stereocenters. The Kier molecular flexibility index (Phi) is 5.59. The van der Waals surface area contributed by atoms with Gasteiger partial charge in [0.2, 0.25) is 0 Å². The number of carbonyl (C=O) groups is 2. The number of aryl methyl sites for hydroxylation is 2. The molecule has 0 spiro atoms. The molecule has 1 fully saturated rings. The highest BCUT2D eigenvalue weighted by Gasteiger charge is 2.27. The summed E-state index contributed by atoms with van der Waals surface area (Å²) >= 11 is 1.43. The Morgan fingerprint density at radius 2 is 1.72 bits per heavy atom. The lowest BCUT2D eigenvalue weighted by Crippen LogP contribution is -2.48. The number of amides is 1. The maximum atomic E-state index is 13.3. The third-order valence-electron chi connectivity index (χ3n) is 6.65. The number of piperazine rings is 1. The third kappa shape index (κ3) is 3.86. The Bertz CT molecular complexity index is 1180. The maximum absolute atomic E-state index is 13.3. The topological polar surface area (TPSA) is 79.5 Å². The number of hydrogen-bond acceptors (Lipinski definition) is 6. The molecule has 6 nitrogen and oxygen atoms in total. The van der Waals surface area contributed by atoms with E-state index < -0.39 is 0 Å². The predicted molar refractivity (Wildman–Crippen MR) is 130 cm³/mol. The molecule has 1 amide bonds. The van der Waals surface area contributed by atoms with E-state index >= 15 is 0 Å². The van der Waals surface area contributed by atoms with Gasteiger partial charge in [-0.25, -0.2) is 4.98 Å². The second kappa shape index (κ2) is 8.54. The lowest BCUT2D eigenvalue weighted by molar-refractivity contribution is 0.0752. The van der Waals surface area contributed by atoms with Crippen molar-refractivity contribution in [2.45, 2.75) is 39.0 Å². The first-order chi connectivity index (χ1) is 15.5. The van der Waals surface area contributed by atoms with Crippen molar-refractivity contribution >= 4 is 44.6 Å². The minimum atomic E-state index is 0.00673. The molecule has 166 valence electrons. The van der Waals surface area contributed by atoms with E-state index in [1.54, 1.807) is 6.92 Å². The van der Waals surface area contributed by atoms with Crippen molar-refractivity contribution in [1.82, 2.24) is 9.88 Å². The van der Waals surface area contributed by atoms with Crippen LogP contribution in [0.1, 0.15) is 57.5 Å². The average Bonchev–Trinajstić information content (AvgIpc) is 2.97. The van der Waals surface area contributed by atoms with E-state index in [1.807, 2.05) is 29.2 Å². The molecule has 1 aliphatic carbocycles. The van der Waals surface area contributed by atoms with Gasteiger partial charge in [-0.15, -0.1) is 11.3 Å². The Morgan fingerprint density at radius 3 is 2.44 bits per heavy atom. The van der Waals surface area contributed by atoms with E-state index in [-0.39, 0.29) is 11.7 Å². The van der Waals surface area contributed by atoms with Crippen molar-refractivity contribution in [3.63, 3.8) is 0 Å². The van der Waals surface area contributed by atoms with E-state index in [2.05, 4.69) is 11.0 Å². The monoisotopic (exact) mass is 448 g/mol. The molecule has 7 heteroatoms. The third-order valence-corrected chi connectivity index (χ3v) is 7.75. The molecule has 3 heterocycles. The number of aromatic nitrogens is 1. The van der Waals surface area contributed by atoms with E-state index in [0.29, 0.717) is 29.2 Å². The quantitative estimate of drug-likeness (QED) is 0.477. The first-order valence-corrected chi connectivity index (χ1v) is 12.2.